The smallest absolute Gasteiger partial charge is 0.330 e. The highest BCUT2D eigenvalue weighted by Gasteiger charge is 2.22. The van der Waals surface area contributed by atoms with Gasteiger partial charge >= 0.3 is 12.0 Å². The van der Waals surface area contributed by atoms with Gasteiger partial charge in [-0.25, -0.2) is 14.6 Å². The van der Waals surface area contributed by atoms with Crippen molar-refractivity contribution in [3.05, 3.63) is 60.3 Å². The molecule has 7 nitrogen and oxygen atoms in total. The number of ether oxygens (including phenoxy) is 1. The topological polar surface area (TPSA) is 83.6 Å². The fourth-order valence-electron chi connectivity index (χ4n) is 3.10. The average molecular weight is 394 g/mol. The van der Waals surface area contributed by atoms with E-state index in [1.165, 1.54) is 6.08 Å². The number of nitrogens with one attached hydrogen (secondary N) is 2. The fourth-order valence-corrected chi connectivity index (χ4v) is 3.10. The molecule has 1 saturated heterocycles. The largest absolute Gasteiger partial charge is 0.463 e. The van der Waals surface area contributed by atoms with Crippen LogP contribution < -0.4 is 10.6 Å². The second-order valence-electron chi connectivity index (χ2n) is 6.76. The van der Waals surface area contributed by atoms with E-state index in [1.807, 2.05) is 47.4 Å². The normalized spacial score (nSPS) is 14.6. The summed E-state index contributed by atoms with van der Waals surface area (Å²) in [5, 5.41) is 6.34. The molecule has 1 aliphatic rings. The summed E-state index contributed by atoms with van der Waals surface area (Å²) >= 11 is 0. The first-order valence-corrected chi connectivity index (χ1v) is 9.82. The van der Waals surface area contributed by atoms with Crippen molar-refractivity contribution in [2.24, 2.45) is 0 Å². The number of likely N-dealkylation sites (tertiary alicyclic amines) is 1. The van der Waals surface area contributed by atoms with Gasteiger partial charge in [-0.05, 0) is 55.7 Å². The standard InChI is InChI=1S/C22H26N4O3/c1-2-29-21(27)11-9-17-8-10-20(23-16-17)24-19-12-14-26(15-13-19)22(28)25-18-6-4-3-5-7-18/h3-11,16,19H,2,12-15H2,1H3,(H,23,24)(H,25,28). The highest BCUT2D eigenvalue weighted by Crippen LogP contribution is 2.17. The summed E-state index contributed by atoms with van der Waals surface area (Å²) in [6.07, 6.45) is 6.49. The Balaban J connectivity index is 1.44. The molecule has 0 aliphatic carbocycles. The average Bonchev–Trinajstić information content (AvgIpc) is 2.75. The Bertz CT molecular complexity index is 829. The zero-order chi connectivity index (χ0) is 20.5. The monoisotopic (exact) mass is 394 g/mol. The molecular formula is C22H26N4O3. The number of carbonyl (C=O) groups is 2. The Kier molecular flexibility index (Phi) is 7.22. The van der Waals surface area contributed by atoms with Gasteiger partial charge < -0.3 is 20.3 Å². The lowest BCUT2D eigenvalue weighted by atomic mass is 10.1. The molecule has 0 atom stereocenters. The van der Waals surface area contributed by atoms with Crippen LogP contribution in [-0.4, -0.2) is 47.6 Å². The van der Waals surface area contributed by atoms with Gasteiger partial charge in [-0.2, -0.15) is 0 Å². The number of hydrogen-bond acceptors (Lipinski definition) is 5. The Morgan fingerprint density at radius 3 is 2.59 bits per heavy atom. The number of hydrogen-bond donors (Lipinski definition) is 2. The molecule has 1 fully saturated rings. The number of anilines is 2. The SMILES string of the molecule is CCOC(=O)C=Cc1ccc(NC2CCN(C(=O)Nc3ccccc3)CC2)nc1. The van der Waals surface area contributed by atoms with E-state index in [2.05, 4.69) is 15.6 Å². The van der Waals surface area contributed by atoms with Gasteiger partial charge in [0.05, 0.1) is 6.61 Å². The van der Waals surface area contributed by atoms with Crippen molar-refractivity contribution in [2.45, 2.75) is 25.8 Å². The Labute approximate surface area is 170 Å². The molecule has 0 bridgehead atoms. The van der Waals surface area contributed by atoms with Crippen molar-refractivity contribution in [1.82, 2.24) is 9.88 Å². The molecule has 1 aromatic carbocycles. The Hall–Kier alpha value is -3.35. The molecular weight excluding hydrogens is 368 g/mol. The van der Waals surface area contributed by atoms with E-state index in [0.717, 1.165) is 29.9 Å². The lowest BCUT2D eigenvalue weighted by Gasteiger charge is -2.32. The number of para-hydroxylation sites is 1. The Morgan fingerprint density at radius 2 is 1.93 bits per heavy atom. The van der Waals surface area contributed by atoms with Crippen LogP contribution in [0.4, 0.5) is 16.3 Å². The lowest BCUT2D eigenvalue weighted by molar-refractivity contribution is -0.137. The maximum absolute atomic E-state index is 12.4. The van der Waals surface area contributed by atoms with Crippen LogP contribution in [0.1, 0.15) is 25.3 Å². The first-order valence-electron chi connectivity index (χ1n) is 9.82. The van der Waals surface area contributed by atoms with E-state index in [1.54, 1.807) is 19.2 Å². The van der Waals surface area contributed by atoms with Crippen molar-refractivity contribution in [3.8, 4) is 0 Å². The van der Waals surface area contributed by atoms with Crippen molar-refractivity contribution < 1.29 is 14.3 Å². The minimum atomic E-state index is -0.363. The highest BCUT2D eigenvalue weighted by atomic mass is 16.5. The van der Waals surface area contributed by atoms with E-state index in [-0.39, 0.29) is 18.0 Å². The number of esters is 1. The third-order valence-corrected chi connectivity index (χ3v) is 4.64. The minimum absolute atomic E-state index is 0.0643. The van der Waals surface area contributed by atoms with E-state index < -0.39 is 0 Å². The number of urea groups is 1. The Morgan fingerprint density at radius 1 is 1.17 bits per heavy atom. The van der Waals surface area contributed by atoms with Crippen LogP contribution in [0.15, 0.2) is 54.7 Å². The number of carbonyl (C=O) groups excluding carboxylic acids is 2. The summed E-state index contributed by atoms with van der Waals surface area (Å²) < 4.78 is 4.86. The second kappa shape index (κ2) is 10.3. The molecule has 0 radical (unpaired) electrons. The van der Waals surface area contributed by atoms with Crippen LogP contribution in [0.2, 0.25) is 0 Å². The second-order valence-corrected chi connectivity index (χ2v) is 6.76. The first kappa shape index (κ1) is 20.4. The number of amides is 2. The van der Waals surface area contributed by atoms with Gasteiger partial charge in [-0.15, -0.1) is 0 Å². The van der Waals surface area contributed by atoms with E-state index >= 15 is 0 Å². The first-order chi connectivity index (χ1) is 14.1. The number of pyridine rings is 1. The fraction of sp³-hybridized carbons (Fsp3) is 0.318. The number of aromatic nitrogens is 1. The summed E-state index contributed by atoms with van der Waals surface area (Å²) in [6, 6.07) is 13.5. The maximum atomic E-state index is 12.4. The van der Waals surface area contributed by atoms with Gasteiger partial charge in [0.1, 0.15) is 5.82 Å². The molecule has 0 spiro atoms. The third kappa shape index (κ3) is 6.34. The molecule has 2 heterocycles. The summed E-state index contributed by atoms with van der Waals surface area (Å²) in [6.45, 7) is 3.51. The van der Waals surface area contributed by atoms with Crippen molar-refractivity contribution in [2.75, 3.05) is 30.3 Å². The van der Waals surface area contributed by atoms with E-state index in [9.17, 15) is 9.59 Å². The number of benzene rings is 1. The molecule has 3 rings (SSSR count). The summed E-state index contributed by atoms with van der Waals surface area (Å²) in [5.74, 6) is 0.420. The van der Waals surface area contributed by atoms with Crippen LogP contribution in [0.25, 0.3) is 6.08 Å². The molecule has 0 saturated carbocycles. The van der Waals surface area contributed by atoms with Gasteiger partial charge in [-0.1, -0.05) is 18.2 Å². The summed E-state index contributed by atoms with van der Waals surface area (Å²) in [5.41, 5.74) is 1.63. The molecule has 152 valence electrons. The van der Waals surface area contributed by atoms with Crippen LogP contribution in [0, 0.1) is 0 Å². The van der Waals surface area contributed by atoms with Crippen LogP contribution >= 0.6 is 0 Å². The van der Waals surface area contributed by atoms with E-state index in [0.29, 0.717) is 19.7 Å². The van der Waals surface area contributed by atoms with Crippen molar-refractivity contribution in [3.63, 3.8) is 0 Å². The number of rotatable bonds is 6. The van der Waals surface area contributed by atoms with Gasteiger partial charge in [0.2, 0.25) is 0 Å². The van der Waals surface area contributed by atoms with Crippen molar-refractivity contribution >= 4 is 29.6 Å². The van der Waals surface area contributed by atoms with Crippen LogP contribution in [-0.2, 0) is 9.53 Å². The highest BCUT2D eigenvalue weighted by molar-refractivity contribution is 5.89. The third-order valence-electron chi connectivity index (χ3n) is 4.64. The van der Waals surface area contributed by atoms with Crippen LogP contribution in [0.3, 0.4) is 0 Å². The predicted molar refractivity (Wildman–Crippen MR) is 114 cm³/mol. The number of nitrogens with zero attached hydrogens (tertiary/aromatic N) is 2. The summed E-state index contributed by atoms with van der Waals surface area (Å²) in [4.78, 5) is 29.9. The predicted octanol–water partition coefficient (Wildman–Crippen LogP) is 3.77. The van der Waals surface area contributed by atoms with Gasteiger partial charge in [-0.3, -0.25) is 0 Å². The molecule has 7 heteroatoms. The van der Waals surface area contributed by atoms with Gasteiger partial charge in [0.25, 0.3) is 0 Å². The molecule has 1 aromatic heterocycles. The van der Waals surface area contributed by atoms with Gasteiger partial charge in [0, 0.05) is 37.1 Å². The summed E-state index contributed by atoms with van der Waals surface area (Å²) in [7, 11) is 0. The van der Waals surface area contributed by atoms with Crippen LogP contribution in [0.5, 0.6) is 0 Å². The molecule has 2 N–H and O–H groups in total. The lowest BCUT2D eigenvalue weighted by Crippen LogP contribution is -2.44. The molecule has 29 heavy (non-hydrogen) atoms. The van der Waals surface area contributed by atoms with Crippen molar-refractivity contribution in [1.29, 1.82) is 0 Å². The zero-order valence-corrected chi connectivity index (χ0v) is 16.5. The molecule has 1 aliphatic heterocycles. The molecule has 2 amide bonds. The maximum Gasteiger partial charge on any atom is 0.330 e. The minimum Gasteiger partial charge on any atom is -0.463 e. The number of piperidine rings is 1. The van der Waals surface area contributed by atoms with E-state index in [4.69, 9.17) is 4.74 Å². The van der Waals surface area contributed by atoms with Gasteiger partial charge in [0.15, 0.2) is 0 Å². The molecule has 0 unspecified atom stereocenters. The quantitative estimate of drug-likeness (QED) is 0.576. The molecule has 2 aromatic rings. The zero-order valence-electron chi connectivity index (χ0n) is 16.5.